The first-order valence-electron chi connectivity index (χ1n) is 9.03. The van der Waals surface area contributed by atoms with E-state index in [0.717, 1.165) is 9.87 Å². The molecule has 3 aromatic rings. The summed E-state index contributed by atoms with van der Waals surface area (Å²) in [5, 5.41) is 2.89. The van der Waals surface area contributed by atoms with Crippen LogP contribution in [0.4, 0.5) is 5.69 Å². The number of amides is 1. The van der Waals surface area contributed by atoms with Crippen LogP contribution in [0.5, 0.6) is 5.75 Å². The molecule has 1 amide bonds. The number of rotatable bonds is 8. The minimum Gasteiger partial charge on any atom is -0.495 e. The third-order valence-electron chi connectivity index (χ3n) is 4.36. The lowest BCUT2D eigenvalue weighted by atomic mass is 10.2. The molecule has 7 nitrogen and oxygen atoms in total. The van der Waals surface area contributed by atoms with Gasteiger partial charge in [0.05, 0.1) is 35.5 Å². The van der Waals surface area contributed by atoms with Gasteiger partial charge in [-0.15, -0.1) is 0 Å². The number of nitrogens with one attached hydrogen (secondary N) is 1. The summed E-state index contributed by atoms with van der Waals surface area (Å²) < 4.78 is 38.0. The highest BCUT2D eigenvalue weighted by Crippen LogP contribution is 2.31. The summed E-state index contributed by atoms with van der Waals surface area (Å²) in [7, 11) is -2.56. The van der Waals surface area contributed by atoms with Gasteiger partial charge >= 0.3 is 0 Å². The standard InChI is InChI=1S/C21H21ClN2O5S/c1-15-5-8-18(9-6-15)30(26,27)24(16-7-10-20(28-2)19(22)12-16)14-21(25)23-13-17-4-3-11-29-17/h3-12H,13-14H2,1-2H3,(H,23,25). The molecule has 0 spiro atoms. The van der Waals surface area contributed by atoms with E-state index in [1.54, 1.807) is 30.3 Å². The van der Waals surface area contributed by atoms with Gasteiger partial charge in [0.15, 0.2) is 0 Å². The Morgan fingerprint density at radius 3 is 2.50 bits per heavy atom. The molecule has 0 radical (unpaired) electrons. The molecule has 0 saturated heterocycles. The second-order valence-electron chi connectivity index (χ2n) is 6.50. The number of hydrogen-bond donors (Lipinski definition) is 1. The molecule has 0 saturated carbocycles. The first kappa shape index (κ1) is 21.7. The molecule has 30 heavy (non-hydrogen) atoms. The lowest BCUT2D eigenvalue weighted by Gasteiger charge is -2.24. The fourth-order valence-electron chi connectivity index (χ4n) is 2.75. The number of methoxy groups -OCH3 is 1. The number of furan rings is 1. The summed E-state index contributed by atoms with van der Waals surface area (Å²) >= 11 is 6.20. The van der Waals surface area contributed by atoms with Gasteiger partial charge in [-0.2, -0.15) is 0 Å². The topological polar surface area (TPSA) is 88.8 Å². The number of hydrogen-bond acceptors (Lipinski definition) is 5. The van der Waals surface area contributed by atoms with Gasteiger partial charge in [0.25, 0.3) is 10.0 Å². The molecule has 0 fully saturated rings. The number of nitrogens with zero attached hydrogens (tertiary/aromatic N) is 1. The number of halogens is 1. The normalized spacial score (nSPS) is 11.2. The zero-order valence-electron chi connectivity index (χ0n) is 16.5. The number of sulfonamides is 1. The lowest BCUT2D eigenvalue weighted by Crippen LogP contribution is -2.40. The minimum absolute atomic E-state index is 0.0684. The Morgan fingerprint density at radius 1 is 1.17 bits per heavy atom. The van der Waals surface area contributed by atoms with Crippen molar-refractivity contribution in [3.8, 4) is 5.75 Å². The highest BCUT2D eigenvalue weighted by Gasteiger charge is 2.27. The molecule has 0 aliphatic heterocycles. The van der Waals surface area contributed by atoms with E-state index in [1.165, 1.54) is 37.6 Å². The summed E-state index contributed by atoms with van der Waals surface area (Å²) in [5.74, 6) is 0.466. The Balaban J connectivity index is 1.92. The SMILES string of the molecule is COc1ccc(N(CC(=O)NCc2ccco2)S(=O)(=O)c2ccc(C)cc2)cc1Cl. The number of carbonyl (C=O) groups is 1. The van der Waals surface area contributed by atoms with E-state index in [-0.39, 0.29) is 22.2 Å². The van der Waals surface area contributed by atoms with Crippen LogP contribution in [0.25, 0.3) is 0 Å². The molecule has 0 unspecified atom stereocenters. The maximum atomic E-state index is 13.3. The van der Waals surface area contributed by atoms with Gasteiger partial charge in [-0.25, -0.2) is 8.42 Å². The largest absolute Gasteiger partial charge is 0.495 e. The first-order valence-corrected chi connectivity index (χ1v) is 10.8. The second-order valence-corrected chi connectivity index (χ2v) is 8.77. The summed E-state index contributed by atoms with van der Waals surface area (Å²) in [6, 6.07) is 14.4. The van der Waals surface area contributed by atoms with Crippen LogP contribution in [0.3, 0.4) is 0 Å². The monoisotopic (exact) mass is 448 g/mol. The van der Waals surface area contributed by atoms with Crippen molar-refractivity contribution in [2.45, 2.75) is 18.4 Å². The predicted octanol–water partition coefficient (Wildman–Crippen LogP) is 3.76. The second kappa shape index (κ2) is 9.23. The minimum atomic E-state index is -4.02. The van der Waals surface area contributed by atoms with Crippen molar-refractivity contribution in [1.29, 1.82) is 0 Å². The van der Waals surface area contributed by atoms with Gasteiger partial charge < -0.3 is 14.5 Å². The third kappa shape index (κ3) is 4.95. The number of anilines is 1. The van der Waals surface area contributed by atoms with Gasteiger partial charge in [0.2, 0.25) is 5.91 Å². The summed E-state index contributed by atoms with van der Waals surface area (Å²) in [6.45, 7) is 1.58. The summed E-state index contributed by atoms with van der Waals surface area (Å²) in [4.78, 5) is 12.6. The molecule has 1 aromatic heterocycles. The number of aryl methyl sites for hydroxylation is 1. The van der Waals surface area contributed by atoms with Crippen LogP contribution in [0.15, 0.2) is 70.2 Å². The van der Waals surface area contributed by atoms with Crippen LogP contribution in [0.1, 0.15) is 11.3 Å². The van der Waals surface area contributed by atoms with Crippen LogP contribution in [0, 0.1) is 6.92 Å². The summed E-state index contributed by atoms with van der Waals surface area (Å²) in [5.41, 5.74) is 1.17. The van der Waals surface area contributed by atoms with Gasteiger partial charge in [-0.3, -0.25) is 9.10 Å². The molecule has 9 heteroatoms. The summed E-state index contributed by atoms with van der Waals surface area (Å²) in [6.07, 6.45) is 1.50. The Hall–Kier alpha value is -2.97. The zero-order chi connectivity index (χ0) is 21.7. The Labute approximate surface area is 180 Å². The molecule has 3 rings (SSSR count). The van der Waals surface area contributed by atoms with Crippen molar-refractivity contribution in [2.75, 3.05) is 18.0 Å². The van der Waals surface area contributed by atoms with E-state index in [4.69, 9.17) is 20.8 Å². The molecule has 2 aromatic carbocycles. The zero-order valence-corrected chi connectivity index (χ0v) is 18.0. The van der Waals surface area contributed by atoms with Crippen LogP contribution in [-0.2, 0) is 21.4 Å². The van der Waals surface area contributed by atoms with Gasteiger partial charge in [-0.05, 0) is 49.4 Å². The Bertz CT molecular complexity index is 1110. The predicted molar refractivity (Wildman–Crippen MR) is 114 cm³/mol. The molecule has 1 heterocycles. The van der Waals surface area contributed by atoms with Crippen molar-refractivity contribution < 1.29 is 22.4 Å². The average Bonchev–Trinajstić information content (AvgIpc) is 3.24. The van der Waals surface area contributed by atoms with E-state index in [1.807, 2.05) is 6.92 Å². The average molecular weight is 449 g/mol. The number of benzene rings is 2. The van der Waals surface area contributed by atoms with E-state index in [9.17, 15) is 13.2 Å². The van der Waals surface area contributed by atoms with Gasteiger partial charge in [0.1, 0.15) is 18.1 Å². The van der Waals surface area contributed by atoms with Crippen molar-refractivity contribution in [3.05, 3.63) is 77.2 Å². The maximum Gasteiger partial charge on any atom is 0.264 e. The number of ether oxygens (including phenoxy) is 1. The highest BCUT2D eigenvalue weighted by atomic mass is 35.5. The molecule has 0 bridgehead atoms. The van der Waals surface area contributed by atoms with Gasteiger partial charge in [-0.1, -0.05) is 29.3 Å². The first-order chi connectivity index (χ1) is 14.3. The van der Waals surface area contributed by atoms with Crippen molar-refractivity contribution in [1.82, 2.24) is 5.32 Å². The third-order valence-corrected chi connectivity index (χ3v) is 6.44. The Kier molecular flexibility index (Phi) is 6.69. The molecule has 1 N–H and O–H groups in total. The fourth-order valence-corrected chi connectivity index (χ4v) is 4.41. The molecular weight excluding hydrogens is 428 g/mol. The van der Waals surface area contributed by atoms with E-state index in [0.29, 0.717) is 11.5 Å². The van der Waals surface area contributed by atoms with Crippen LogP contribution in [0.2, 0.25) is 5.02 Å². The molecule has 158 valence electrons. The fraction of sp³-hybridized carbons (Fsp3) is 0.190. The van der Waals surface area contributed by atoms with Crippen molar-refractivity contribution in [3.63, 3.8) is 0 Å². The molecular formula is C21H21ClN2O5S. The van der Waals surface area contributed by atoms with Crippen molar-refractivity contribution >= 4 is 33.2 Å². The quantitative estimate of drug-likeness (QED) is 0.566. The maximum absolute atomic E-state index is 13.3. The van der Waals surface area contributed by atoms with E-state index < -0.39 is 22.5 Å². The number of carbonyl (C=O) groups excluding carboxylic acids is 1. The van der Waals surface area contributed by atoms with Crippen molar-refractivity contribution in [2.24, 2.45) is 0 Å². The van der Waals surface area contributed by atoms with Crippen LogP contribution < -0.4 is 14.4 Å². The lowest BCUT2D eigenvalue weighted by molar-refractivity contribution is -0.119. The molecule has 0 atom stereocenters. The molecule has 0 aliphatic rings. The van der Waals surface area contributed by atoms with E-state index >= 15 is 0 Å². The van der Waals surface area contributed by atoms with Crippen LogP contribution in [-0.4, -0.2) is 28.0 Å². The van der Waals surface area contributed by atoms with Crippen LogP contribution >= 0.6 is 11.6 Å². The Morgan fingerprint density at radius 2 is 1.90 bits per heavy atom. The smallest absolute Gasteiger partial charge is 0.264 e. The van der Waals surface area contributed by atoms with Gasteiger partial charge in [0, 0.05) is 0 Å². The molecule has 0 aliphatic carbocycles. The highest BCUT2D eigenvalue weighted by molar-refractivity contribution is 7.92. The van der Waals surface area contributed by atoms with E-state index in [2.05, 4.69) is 5.32 Å².